The van der Waals surface area contributed by atoms with Crippen LogP contribution < -0.4 is 0 Å². The summed E-state index contributed by atoms with van der Waals surface area (Å²) < 4.78 is 0. The Morgan fingerprint density at radius 3 is 2.47 bits per heavy atom. The van der Waals surface area contributed by atoms with Crippen LogP contribution in [0.1, 0.15) is 25.7 Å². The van der Waals surface area contributed by atoms with Gasteiger partial charge in [-0.05, 0) is 19.4 Å². The summed E-state index contributed by atoms with van der Waals surface area (Å²) in [6.07, 6.45) is 2.47. The van der Waals surface area contributed by atoms with Gasteiger partial charge in [0, 0.05) is 19.1 Å². The number of hydrogen-bond donors (Lipinski definition) is 1. The molecule has 104 valence electrons. The second-order valence-corrected chi connectivity index (χ2v) is 4.65. The molecule has 1 saturated heterocycles. The quantitative estimate of drug-likeness (QED) is 0.704. The lowest BCUT2D eigenvalue weighted by atomic mass is 10.2. The maximum Gasteiger partial charge on any atom is 0.236 e. The Balaban J connectivity index is 2.50. The van der Waals surface area contributed by atoms with Crippen LogP contribution in [0.3, 0.4) is 0 Å². The van der Waals surface area contributed by atoms with E-state index in [1.54, 1.807) is 4.90 Å². The number of likely N-dealkylation sites (tertiary alicyclic amines) is 1. The maximum absolute atomic E-state index is 12.2. The number of hydrogen-bond acceptors (Lipinski definition) is 5. The number of aliphatic hydroxyl groups excluding tert-OH is 1. The summed E-state index contributed by atoms with van der Waals surface area (Å²) in [4.78, 5) is 15.7. The molecule has 1 heterocycles. The first-order valence-corrected chi connectivity index (χ1v) is 6.59. The molecule has 6 nitrogen and oxygen atoms in total. The van der Waals surface area contributed by atoms with Gasteiger partial charge in [-0.2, -0.15) is 10.5 Å². The van der Waals surface area contributed by atoms with Crippen LogP contribution in [0.4, 0.5) is 0 Å². The number of carbonyl (C=O) groups excluding carboxylic acids is 1. The molecule has 0 radical (unpaired) electrons. The third-order valence-electron chi connectivity index (χ3n) is 3.39. The maximum atomic E-state index is 12.2. The van der Waals surface area contributed by atoms with E-state index >= 15 is 0 Å². The van der Waals surface area contributed by atoms with Gasteiger partial charge in [0.2, 0.25) is 5.91 Å². The molecule has 1 aliphatic heterocycles. The Labute approximate surface area is 113 Å². The van der Waals surface area contributed by atoms with Gasteiger partial charge >= 0.3 is 0 Å². The zero-order valence-corrected chi connectivity index (χ0v) is 11.1. The summed E-state index contributed by atoms with van der Waals surface area (Å²) in [7, 11) is 0. The Morgan fingerprint density at radius 1 is 1.32 bits per heavy atom. The molecular weight excluding hydrogens is 244 g/mol. The van der Waals surface area contributed by atoms with E-state index in [0.29, 0.717) is 13.1 Å². The molecule has 1 fully saturated rings. The van der Waals surface area contributed by atoms with Crippen LogP contribution in [0, 0.1) is 22.7 Å². The summed E-state index contributed by atoms with van der Waals surface area (Å²) in [6, 6.07) is 4.09. The van der Waals surface area contributed by atoms with E-state index in [-0.39, 0.29) is 37.9 Å². The second-order valence-electron chi connectivity index (χ2n) is 4.65. The minimum atomic E-state index is -0.0640. The molecule has 0 saturated carbocycles. The minimum Gasteiger partial charge on any atom is -0.395 e. The molecule has 0 aromatic heterocycles. The fourth-order valence-electron chi connectivity index (χ4n) is 2.31. The lowest BCUT2D eigenvalue weighted by Crippen LogP contribution is -2.43. The van der Waals surface area contributed by atoms with Gasteiger partial charge in [-0.3, -0.25) is 9.69 Å². The van der Waals surface area contributed by atoms with Gasteiger partial charge in [-0.15, -0.1) is 0 Å². The minimum absolute atomic E-state index is 0.0640. The second kappa shape index (κ2) is 8.47. The predicted octanol–water partition coefficient (Wildman–Crippen LogP) is 0.0991. The summed E-state index contributed by atoms with van der Waals surface area (Å²) in [5, 5.41) is 26.4. The van der Waals surface area contributed by atoms with Crippen molar-refractivity contribution in [2.45, 2.75) is 31.7 Å². The summed E-state index contributed by atoms with van der Waals surface area (Å²) in [6.45, 7) is 1.90. The van der Waals surface area contributed by atoms with E-state index in [1.807, 2.05) is 17.0 Å². The fraction of sp³-hybridized carbons (Fsp3) is 0.769. The molecule has 0 spiro atoms. The van der Waals surface area contributed by atoms with Crippen LogP contribution in [-0.2, 0) is 4.79 Å². The highest BCUT2D eigenvalue weighted by Gasteiger charge is 2.27. The molecule has 0 aromatic rings. The zero-order valence-electron chi connectivity index (χ0n) is 11.1. The molecule has 1 N–H and O–H groups in total. The van der Waals surface area contributed by atoms with Crippen LogP contribution in [0.2, 0.25) is 0 Å². The highest BCUT2D eigenvalue weighted by molar-refractivity contribution is 5.78. The van der Waals surface area contributed by atoms with Crippen LogP contribution >= 0.6 is 0 Å². The van der Waals surface area contributed by atoms with Gasteiger partial charge in [0.05, 0.1) is 38.1 Å². The molecule has 19 heavy (non-hydrogen) atoms. The number of amides is 1. The Kier molecular flexibility index (Phi) is 6.88. The first kappa shape index (κ1) is 15.4. The van der Waals surface area contributed by atoms with Gasteiger partial charge in [-0.25, -0.2) is 0 Å². The molecule has 0 aliphatic carbocycles. The highest BCUT2D eigenvalue weighted by Crippen LogP contribution is 2.16. The smallest absolute Gasteiger partial charge is 0.236 e. The normalized spacial score (nSPS) is 18.8. The van der Waals surface area contributed by atoms with E-state index in [1.165, 1.54) is 0 Å². The predicted molar refractivity (Wildman–Crippen MR) is 68.7 cm³/mol. The Bertz CT molecular complexity index is 354. The molecule has 1 rings (SSSR count). The van der Waals surface area contributed by atoms with Crippen molar-refractivity contribution < 1.29 is 9.90 Å². The van der Waals surface area contributed by atoms with Gasteiger partial charge in [0.25, 0.3) is 0 Å². The monoisotopic (exact) mass is 264 g/mol. The number of carbonyl (C=O) groups is 1. The molecule has 0 aromatic carbocycles. The molecule has 6 heteroatoms. The lowest BCUT2D eigenvalue weighted by Gasteiger charge is -2.26. The fourth-order valence-corrected chi connectivity index (χ4v) is 2.31. The number of aliphatic hydroxyl groups is 1. The van der Waals surface area contributed by atoms with Gasteiger partial charge < -0.3 is 10.0 Å². The third kappa shape index (κ3) is 4.86. The topological polar surface area (TPSA) is 91.4 Å². The van der Waals surface area contributed by atoms with Gasteiger partial charge in [-0.1, -0.05) is 0 Å². The van der Waals surface area contributed by atoms with Crippen molar-refractivity contribution in [1.29, 1.82) is 10.5 Å². The molecular formula is C13H20N4O2. The molecule has 1 atom stereocenters. The first-order chi connectivity index (χ1) is 9.22. The number of nitriles is 2. The van der Waals surface area contributed by atoms with E-state index in [9.17, 15) is 9.90 Å². The summed E-state index contributed by atoms with van der Waals surface area (Å²) in [5.41, 5.74) is 0. The summed E-state index contributed by atoms with van der Waals surface area (Å²) >= 11 is 0. The Hall–Kier alpha value is -1.63. The van der Waals surface area contributed by atoms with Crippen molar-refractivity contribution in [1.82, 2.24) is 9.80 Å². The van der Waals surface area contributed by atoms with Gasteiger partial charge in [0.1, 0.15) is 0 Å². The first-order valence-electron chi connectivity index (χ1n) is 6.59. The molecule has 0 bridgehead atoms. The van der Waals surface area contributed by atoms with E-state index < -0.39 is 0 Å². The van der Waals surface area contributed by atoms with E-state index in [2.05, 4.69) is 0 Å². The molecule has 1 amide bonds. The average Bonchev–Trinajstić information content (AvgIpc) is 2.86. The van der Waals surface area contributed by atoms with E-state index in [0.717, 1.165) is 19.4 Å². The SMILES string of the molecule is N#CCCN(CCC#N)C(=O)CN1CCCC1CO. The van der Waals surface area contributed by atoms with Crippen LogP contribution in [-0.4, -0.2) is 59.6 Å². The standard InChI is InChI=1S/C13H20N4O2/c14-5-2-8-16(9-3-6-15)13(19)10-17-7-1-4-12(17)11-18/h12,18H,1-4,7-11H2. The number of rotatable bonds is 7. The van der Waals surface area contributed by atoms with Crippen LogP contribution in [0.5, 0.6) is 0 Å². The van der Waals surface area contributed by atoms with Crippen molar-refractivity contribution in [3.05, 3.63) is 0 Å². The zero-order chi connectivity index (χ0) is 14.1. The van der Waals surface area contributed by atoms with Crippen molar-refractivity contribution in [3.8, 4) is 12.1 Å². The van der Waals surface area contributed by atoms with Crippen LogP contribution in [0.15, 0.2) is 0 Å². The van der Waals surface area contributed by atoms with Crippen molar-refractivity contribution in [2.24, 2.45) is 0 Å². The molecule has 1 unspecified atom stereocenters. The largest absolute Gasteiger partial charge is 0.395 e. The number of nitrogens with zero attached hydrogens (tertiary/aromatic N) is 4. The van der Waals surface area contributed by atoms with Crippen molar-refractivity contribution >= 4 is 5.91 Å². The van der Waals surface area contributed by atoms with E-state index in [4.69, 9.17) is 10.5 Å². The van der Waals surface area contributed by atoms with Crippen molar-refractivity contribution in [3.63, 3.8) is 0 Å². The van der Waals surface area contributed by atoms with Crippen LogP contribution in [0.25, 0.3) is 0 Å². The molecule has 1 aliphatic rings. The van der Waals surface area contributed by atoms with Gasteiger partial charge in [0.15, 0.2) is 0 Å². The third-order valence-corrected chi connectivity index (χ3v) is 3.39. The average molecular weight is 264 g/mol. The summed E-state index contributed by atoms with van der Waals surface area (Å²) in [5.74, 6) is -0.0640. The highest BCUT2D eigenvalue weighted by atomic mass is 16.3. The van der Waals surface area contributed by atoms with Crippen molar-refractivity contribution in [2.75, 3.05) is 32.8 Å². The lowest BCUT2D eigenvalue weighted by molar-refractivity contribution is -0.132. The Morgan fingerprint density at radius 2 is 1.95 bits per heavy atom.